The topological polar surface area (TPSA) is 113 Å². The normalized spacial score (nSPS) is 25.4. The molecular formula is C17H18N4O4. The summed E-state index contributed by atoms with van der Waals surface area (Å²) in [6.45, 7) is 2.03. The number of urea groups is 1. The summed E-state index contributed by atoms with van der Waals surface area (Å²) in [7, 11) is 0. The zero-order chi connectivity index (χ0) is 17.6. The van der Waals surface area contributed by atoms with Gasteiger partial charge in [0.15, 0.2) is 11.5 Å². The van der Waals surface area contributed by atoms with Gasteiger partial charge in [-0.1, -0.05) is 12.5 Å². The Kier molecular flexibility index (Phi) is 3.48. The molecule has 2 aliphatic rings. The molecule has 1 saturated heterocycles. The number of imide groups is 1. The molecule has 8 heteroatoms. The number of aromatic nitrogens is 1. The van der Waals surface area contributed by atoms with E-state index in [0.29, 0.717) is 35.5 Å². The largest absolute Gasteiger partial charge is 0.441 e. The number of carbonyl (C=O) groups is 3. The maximum Gasteiger partial charge on any atom is 0.322 e. The number of para-hydroxylation sites is 1. The average Bonchev–Trinajstić information content (AvgIpc) is 3.22. The SMILES string of the molecule is Cc1nc2c(C(=O)NCC3CCCC34NC(=O)NC4=O)cccc2o1. The summed E-state index contributed by atoms with van der Waals surface area (Å²) in [6.07, 6.45) is 2.18. The van der Waals surface area contributed by atoms with Crippen LogP contribution in [-0.2, 0) is 4.79 Å². The third-order valence-corrected chi connectivity index (χ3v) is 5.07. The van der Waals surface area contributed by atoms with Crippen LogP contribution in [0.2, 0.25) is 0 Å². The second-order valence-corrected chi connectivity index (χ2v) is 6.56. The summed E-state index contributed by atoms with van der Waals surface area (Å²) in [5, 5.41) is 7.93. The molecule has 25 heavy (non-hydrogen) atoms. The van der Waals surface area contributed by atoms with E-state index in [4.69, 9.17) is 4.42 Å². The molecule has 2 fully saturated rings. The molecule has 130 valence electrons. The van der Waals surface area contributed by atoms with Gasteiger partial charge in [0.25, 0.3) is 11.8 Å². The molecule has 8 nitrogen and oxygen atoms in total. The van der Waals surface area contributed by atoms with Crippen LogP contribution < -0.4 is 16.0 Å². The number of carbonyl (C=O) groups excluding carboxylic acids is 3. The second-order valence-electron chi connectivity index (χ2n) is 6.56. The highest BCUT2D eigenvalue weighted by Crippen LogP contribution is 2.37. The first-order chi connectivity index (χ1) is 12.0. The fraction of sp³-hybridized carbons (Fsp3) is 0.412. The van der Waals surface area contributed by atoms with Crippen molar-refractivity contribution in [2.75, 3.05) is 6.54 Å². The number of nitrogens with zero attached hydrogens (tertiary/aromatic N) is 1. The lowest BCUT2D eigenvalue weighted by Gasteiger charge is -2.28. The Bertz CT molecular complexity index is 890. The summed E-state index contributed by atoms with van der Waals surface area (Å²) in [5.74, 6) is -0.217. The maximum atomic E-state index is 12.6. The van der Waals surface area contributed by atoms with E-state index >= 15 is 0 Å². The van der Waals surface area contributed by atoms with Crippen LogP contribution in [0.1, 0.15) is 35.5 Å². The monoisotopic (exact) mass is 342 g/mol. The number of nitrogens with one attached hydrogen (secondary N) is 3. The summed E-state index contributed by atoms with van der Waals surface area (Å²) in [6, 6.07) is 4.72. The van der Waals surface area contributed by atoms with Crippen LogP contribution in [-0.4, -0.2) is 34.9 Å². The molecule has 1 aliphatic carbocycles. The molecule has 2 atom stereocenters. The Morgan fingerprint density at radius 2 is 2.28 bits per heavy atom. The van der Waals surface area contributed by atoms with Crippen molar-refractivity contribution in [2.45, 2.75) is 31.7 Å². The van der Waals surface area contributed by atoms with Gasteiger partial charge in [-0.05, 0) is 25.0 Å². The van der Waals surface area contributed by atoms with Crippen molar-refractivity contribution in [3.8, 4) is 0 Å². The van der Waals surface area contributed by atoms with E-state index in [9.17, 15) is 14.4 Å². The number of aryl methyl sites for hydroxylation is 1. The Labute approximate surface area is 143 Å². The highest BCUT2D eigenvalue weighted by Gasteiger charge is 2.54. The molecule has 0 bridgehead atoms. The molecule has 1 aromatic heterocycles. The van der Waals surface area contributed by atoms with E-state index in [2.05, 4.69) is 20.9 Å². The lowest BCUT2D eigenvalue weighted by atomic mass is 9.87. The van der Waals surface area contributed by atoms with Crippen LogP contribution in [0.15, 0.2) is 22.6 Å². The third kappa shape index (κ3) is 2.45. The van der Waals surface area contributed by atoms with Crippen molar-refractivity contribution in [3.63, 3.8) is 0 Å². The van der Waals surface area contributed by atoms with Crippen LogP contribution in [0, 0.1) is 12.8 Å². The first-order valence-electron chi connectivity index (χ1n) is 8.27. The molecule has 2 unspecified atom stereocenters. The smallest absolute Gasteiger partial charge is 0.322 e. The first-order valence-corrected chi connectivity index (χ1v) is 8.27. The number of fused-ring (bicyclic) bond motifs is 1. The summed E-state index contributed by atoms with van der Waals surface area (Å²) in [5.41, 5.74) is 0.609. The van der Waals surface area contributed by atoms with Gasteiger partial charge in [0.05, 0.1) is 5.56 Å². The Morgan fingerprint density at radius 1 is 1.44 bits per heavy atom. The number of amides is 4. The highest BCUT2D eigenvalue weighted by atomic mass is 16.3. The molecule has 1 saturated carbocycles. The van der Waals surface area contributed by atoms with Gasteiger partial charge in [0, 0.05) is 19.4 Å². The van der Waals surface area contributed by atoms with Gasteiger partial charge in [-0.2, -0.15) is 0 Å². The summed E-state index contributed by atoms with van der Waals surface area (Å²) < 4.78 is 5.45. The van der Waals surface area contributed by atoms with Crippen molar-refractivity contribution >= 4 is 28.9 Å². The average molecular weight is 342 g/mol. The lowest BCUT2D eigenvalue weighted by Crippen LogP contribution is -2.53. The lowest BCUT2D eigenvalue weighted by molar-refractivity contribution is -0.125. The standard InChI is InChI=1S/C17H18N4O4/c1-9-19-13-11(5-2-6-12(13)25-9)14(22)18-8-10-4-3-7-17(10)15(23)20-16(24)21-17/h2,5-6,10H,3-4,7-8H2,1H3,(H,18,22)(H2,20,21,23,24). The van der Waals surface area contributed by atoms with E-state index in [1.165, 1.54) is 0 Å². The molecule has 2 aromatic rings. The van der Waals surface area contributed by atoms with Crippen molar-refractivity contribution in [2.24, 2.45) is 5.92 Å². The number of benzene rings is 1. The molecule has 0 radical (unpaired) electrons. The van der Waals surface area contributed by atoms with Crippen molar-refractivity contribution in [1.82, 2.24) is 20.9 Å². The van der Waals surface area contributed by atoms with E-state index in [1.54, 1.807) is 25.1 Å². The molecule has 1 aromatic carbocycles. The second kappa shape index (κ2) is 5.58. The number of rotatable bonds is 3. The molecule has 4 amide bonds. The minimum atomic E-state index is -0.902. The van der Waals surface area contributed by atoms with Crippen molar-refractivity contribution in [3.05, 3.63) is 29.7 Å². The van der Waals surface area contributed by atoms with Gasteiger partial charge in [0.1, 0.15) is 11.1 Å². The van der Waals surface area contributed by atoms with Crippen LogP contribution in [0.3, 0.4) is 0 Å². The minimum absolute atomic E-state index is 0.138. The molecular weight excluding hydrogens is 324 g/mol. The Morgan fingerprint density at radius 3 is 3.04 bits per heavy atom. The number of oxazole rings is 1. The van der Waals surface area contributed by atoms with E-state index in [-0.39, 0.29) is 17.7 Å². The Balaban J connectivity index is 1.52. The van der Waals surface area contributed by atoms with Crippen LogP contribution in [0.5, 0.6) is 0 Å². The van der Waals surface area contributed by atoms with Gasteiger partial charge in [-0.15, -0.1) is 0 Å². The quantitative estimate of drug-likeness (QED) is 0.727. The minimum Gasteiger partial charge on any atom is -0.441 e. The van der Waals surface area contributed by atoms with Gasteiger partial charge in [0.2, 0.25) is 0 Å². The van der Waals surface area contributed by atoms with E-state index in [1.807, 2.05) is 0 Å². The van der Waals surface area contributed by atoms with Gasteiger partial charge >= 0.3 is 6.03 Å². The zero-order valence-corrected chi connectivity index (χ0v) is 13.7. The first kappa shape index (κ1) is 15.6. The van der Waals surface area contributed by atoms with Crippen LogP contribution >= 0.6 is 0 Å². The zero-order valence-electron chi connectivity index (χ0n) is 13.7. The van der Waals surface area contributed by atoms with Crippen LogP contribution in [0.25, 0.3) is 11.1 Å². The third-order valence-electron chi connectivity index (χ3n) is 5.07. The fourth-order valence-electron chi connectivity index (χ4n) is 3.88. The van der Waals surface area contributed by atoms with Gasteiger partial charge in [-0.25, -0.2) is 9.78 Å². The predicted molar refractivity (Wildman–Crippen MR) is 87.8 cm³/mol. The Hall–Kier alpha value is -2.90. The van der Waals surface area contributed by atoms with Crippen molar-refractivity contribution in [1.29, 1.82) is 0 Å². The molecule has 4 rings (SSSR count). The van der Waals surface area contributed by atoms with E-state index < -0.39 is 11.6 Å². The van der Waals surface area contributed by atoms with Crippen LogP contribution in [0.4, 0.5) is 4.79 Å². The maximum absolute atomic E-state index is 12.6. The molecule has 1 aliphatic heterocycles. The summed E-state index contributed by atoms with van der Waals surface area (Å²) >= 11 is 0. The highest BCUT2D eigenvalue weighted by molar-refractivity contribution is 6.07. The summed E-state index contributed by atoms with van der Waals surface area (Å²) in [4.78, 5) is 40.6. The molecule has 3 N–H and O–H groups in total. The van der Waals surface area contributed by atoms with E-state index in [0.717, 1.165) is 12.8 Å². The van der Waals surface area contributed by atoms with Gasteiger partial charge in [-0.3, -0.25) is 14.9 Å². The van der Waals surface area contributed by atoms with Crippen molar-refractivity contribution < 1.29 is 18.8 Å². The molecule has 1 spiro atoms. The number of hydrogen-bond acceptors (Lipinski definition) is 5. The molecule has 2 heterocycles. The number of hydrogen-bond donors (Lipinski definition) is 3. The van der Waals surface area contributed by atoms with Gasteiger partial charge < -0.3 is 15.1 Å². The fourth-order valence-corrected chi connectivity index (χ4v) is 3.88. The predicted octanol–water partition coefficient (Wildman–Crippen LogP) is 1.24.